The van der Waals surface area contributed by atoms with Crippen molar-refractivity contribution in [2.75, 3.05) is 6.54 Å². The van der Waals surface area contributed by atoms with E-state index in [0.29, 0.717) is 5.56 Å². The number of nitrogens with one attached hydrogen (secondary N) is 1. The SMILES string of the molecule is CCCC(Oc1ccc(-n2ccc3nccn32)cc1)c1ccc(C(=O)NCCC(=O)O)cc1. The van der Waals surface area contributed by atoms with Gasteiger partial charge in [0.05, 0.1) is 12.1 Å². The maximum Gasteiger partial charge on any atom is 0.305 e. The molecule has 4 aromatic rings. The molecule has 0 aliphatic carbocycles. The van der Waals surface area contributed by atoms with Crippen LogP contribution >= 0.6 is 0 Å². The fourth-order valence-electron chi connectivity index (χ4n) is 3.66. The van der Waals surface area contributed by atoms with Gasteiger partial charge in [0.15, 0.2) is 5.65 Å². The molecule has 1 atom stereocenters. The van der Waals surface area contributed by atoms with Crippen molar-refractivity contribution in [1.82, 2.24) is 19.5 Å². The maximum absolute atomic E-state index is 12.2. The summed E-state index contributed by atoms with van der Waals surface area (Å²) in [5.74, 6) is -0.466. The van der Waals surface area contributed by atoms with Crippen LogP contribution in [0.1, 0.15) is 48.2 Å². The summed E-state index contributed by atoms with van der Waals surface area (Å²) in [5.41, 5.74) is 3.35. The Balaban J connectivity index is 1.43. The van der Waals surface area contributed by atoms with Crippen molar-refractivity contribution >= 4 is 17.5 Å². The number of aromatic nitrogens is 3. The van der Waals surface area contributed by atoms with E-state index in [9.17, 15) is 9.59 Å². The zero-order valence-electron chi connectivity index (χ0n) is 18.3. The van der Waals surface area contributed by atoms with E-state index in [1.54, 1.807) is 18.3 Å². The molecule has 0 aliphatic heterocycles. The fraction of sp³-hybridized carbons (Fsp3) is 0.240. The Labute approximate surface area is 191 Å². The molecule has 2 aromatic carbocycles. The molecule has 8 heteroatoms. The molecule has 0 radical (unpaired) electrons. The highest BCUT2D eigenvalue weighted by Crippen LogP contribution is 2.27. The number of rotatable bonds is 10. The van der Waals surface area contributed by atoms with Gasteiger partial charge in [-0.05, 0) is 48.4 Å². The lowest BCUT2D eigenvalue weighted by atomic mass is 10.0. The lowest BCUT2D eigenvalue weighted by Crippen LogP contribution is -2.26. The van der Waals surface area contributed by atoms with Gasteiger partial charge in [0, 0.05) is 36.8 Å². The number of hydrogen-bond donors (Lipinski definition) is 2. The van der Waals surface area contributed by atoms with E-state index in [0.717, 1.165) is 35.5 Å². The molecule has 2 heterocycles. The highest BCUT2D eigenvalue weighted by atomic mass is 16.5. The van der Waals surface area contributed by atoms with Crippen LogP contribution in [0.4, 0.5) is 0 Å². The van der Waals surface area contributed by atoms with E-state index in [1.807, 2.05) is 64.1 Å². The van der Waals surface area contributed by atoms with Gasteiger partial charge in [-0.3, -0.25) is 14.3 Å². The standard InChI is InChI=1S/C25H26N4O4/c1-2-3-22(18-4-6-19(7-5-18)25(32)27-14-12-24(30)31)33-21-10-8-20(9-11-21)28-16-13-23-26-15-17-29(23)28/h4-11,13,15-17,22H,2-3,12,14H2,1H3,(H,27,32)(H,30,31). The van der Waals surface area contributed by atoms with Gasteiger partial charge in [0.25, 0.3) is 5.91 Å². The van der Waals surface area contributed by atoms with Crippen LogP contribution in [0.3, 0.4) is 0 Å². The number of hydrogen-bond acceptors (Lipinski definition) is 4. The van der Waals surface area contributed by atoms with Gasteiger partial charge < -0.3 is 15.2 Å². The summed E-state index contributed by atoms with van der Waals surface area (Å²) in [7, 11) is 0. The van der Waals surface area contributed by atoms with Gasteiger partial charge in [-0.1, -0.05) is 25.5 Å². The zero-order chi connectivity index (χ0) is 23.2. The van der Waals surface area contributed by atoms with E-state index in [2.05, 4.69) is 17.2 Å². The third-order valence-electron chi connectivity index (χ3n) is 5.35. The first-order valence-corrected chi connectivity index (χ1v) is 10.9. The van der Waals surface area contributed by atoms with Crippen LogP contribution in [0.25, 0.3) is 11.3 Å². The van der Waals surface area contributed by atoms with E-state index < -0.39 is 5.97 Å². The molecule has 1 unspecified atom stereocenters. The van der Waals surface area contributed by atoms with Gasteiger partial charge in [-0.2, -0.15) is 0 Å². The molecule has 4 rings (SSSR count). The van der Waals surface area contributed by atoms with Crippen LogP contribution in [-0.2, 0) is 4.79 Å². The van der Waals surface area contributed by atoms with Crippen molar-refractivity contribution < 1.29 is 19.4 Å². The number of carbonyl (C=O) groups is 2. The summed E-state index contributed by atoms with van der Waals surface area (Å²) < 4.78 is 10.3. The van der Waals surface area contributed by atoms with Crippen molar-refractivity contribution in [2.24, 2.45) is 0 Å². The van der Waals surface area contributed by atoms with E-state index in [4.69, 9.17) is 9.84 Å². The van der Waals surface area contributed by atoms with E-state index in [-0.39, 0.29) is 25.0 Å². The summed E-state index contributed by atoms with van der Waals surface area (Å²) >= 11 is 0. The predicted molar refractivity (Wildman–Crippen MR) is 124 cm³/mol. The van der Waals surface area contributed by atoms with Crippen molar-refractivity contribution in [1.29, 1.82) is 0 Å². The van der Waals surface area contributed by atoms with Gasteiger partial charge in [0.1, 0.15) is 11.9 Å². The Hall–Kier alpha value is -4.07. The monoisotopic (exact) mass is 446 g/mol. The second kappa shape index (κ2) is 10.0. The Morgan fingerprint density at radius 1 is 1.06 bits per heavy atom. The summed E-state index contributed by atoms with van der Waals surface area (Å²) in [4.78, 5) is 27.1. The highest BCUT2D eigenvalue weighted by Gasteiger charge is 2.14. The minimum atomic E-state index is -0.943. The van der Waals surface area contributed by atoms with Gasteiger partial charge in [-0.25, -0.2) is 9.50 Å². The molecule has 0 aliphatic rings. The number of carboxylic acid groups (broad SMARTS) is 1. The molecule has 0 saturated heterocycles. The summed E-state index contributed by atoms with van der Waals surface area (Å²) in [6, 6.07) is 17.1. The van der Waals surface area contributed by atoms with Gasteiger partial charge in [-0.15, -0.1) is 0 Å². The Kier molecular flexibility index (Phi) is 6.73. The van der Waals surface area contributed by atoms with Crippen molar-refractivity contribution in [3.05, 3.63) is 84.3 Å². The summed E-state index contributed by atoms with van der Waals surface area (Å²) in [5, 5.41) is 11.3. The third-order valence-corrected chi connectivity index (χ3v) is 5.35. The van der Waals surface area contributed by atoms with Crippen LogP contribution in [0.15, 0.2) is 73.2 Å². The third kappa shape index (κ3) is 5.23. The van der Waals surface area contributed by atoms with Crippen LogP contribution in [-0.4, -0.2) is 37.7 Å². The average Bonchev–Trinajstić information content (AvgIpc) is 3.43. The second-order valence-electron chi connectivity index (χ2n) is 7.70. The van der Waals surface area contributed by atoms with Crippen molar-refractivity contribution in [3.8, 4) is 11.4 Å². The van der Waals surface area contributed by atoms with Crippen LogP contribution in [0.2, 0.25) is 0 Å². The molecule has 2 N–H and O–H groups in total. The lowest BCUT2D eigenvalue weighted by Gasteiger charge is -2.20. The maximum atomic E-state index is 12.2. The van der Waals surface area contributed by atoms with Crippen molar-refractivity contribution in [3.63, 3.8) is 0 Å². The van der Waals surface area contributed by atoms with E-state index in [1.165, 1.54) is 0 Å². The largest absolute Gasteiger partial charge is 0.486 e. The second-order valence-corrected chi connectivity index (χ2v) is 7.70. The molecule has 1 amide bonds. The summed E-state index contributed by atoms with van der Waals surface area (Å²) in [6.07, 6.45) is 7.18. The first kappa shape index (κ1) is 22.1. The molecule has 0 bridgehead atoms. The smallest absolute Gasteiger partial charge is 0.305 e. The summed E-state index contributed by atoms with van der Waals surface area (Å²) in [6.45, 7) is 2.20. The number of nitrogens with zero attached hydrogens (tertiary/aromatic N) is 3. The molecule has 0 saturated carbocycles. The number of fused-ring (bicyclic) bond motifs is 1. The highest BCUT2D eigenvalue weighted by molar-refractivity contribution is 5.94. The van der Waals surface area contributed by atoms with Crippen LogP contribution in [0, 0.1) is 0 Å². The van der Waals surface area contributed by atoms with Crippen LogP contribution in [0.5, 0.6) is 5.75 Å². The molecule has 0 spiro atoms. The fourth-order valence-corrected chi connectivity index (χ4v) is 3.66. The predicted octanol–water partition coefficient (Wildman–Crippen LogP) is 4.25. The zero-order valence-corrected chi connectivity index (χ0v) is 18.3. The van der Waals surface area contributed by atoms with Gasteiger partial charge >= 0.3 is 5.97 Å². The molecular weight excluding hydrogens is 420 g/mol. The number of carbonyl (C=O) groups excluding carboxylic acids is 1. The Morgan fingerprint density at radius 2 is 1.82 bits per heavy atom. The number of benzene rings is 2. The molecule has 170 valence electrons. The first-order valence-electron chi connectivity index (χ1n) is 10.9. The van der Waals surface area contributed by atoms with Gasteiger partial charge in [0.2, 0.25) is 0 Å². The molecular formula is C25H26N4O4. The number of ether oxygens (including phenoxy) is 1. The van der Waals surface area contributed by atoms with E-state index >= 15 is 0 Å². The Morgan fingerprint density at radius 3 is 2.52 bits per heavy atom. The molecule has 0 fully saturated rings. The number of amides is 1. The normalized spacial score (nSPS) is 11.9. The number of aliphatic carboxylic acids is 1. The minimum absolute atomic E-state index is 0.100. The Bertz CT molecular complexity index is 1230. The number of carboxylic acids is 1. The minimum Gasteiger partial charge on any atom is -0.486 e. The molecule has 8 nitrogen and oxygen atoms in total. The molecule has 33 heavy (non-hydrogen) atoms. The van der Waals surface area contributed by atoms with Crippen molar-refractivity contribution in [2.45, 2.75) is 32.3 Å². The quantitative estimate of drug-likeness (QED) is 0.380. The van der Waals surface area contributed by atoms with Crippen LogP contribution < -0.4 is 10.1 Å². The lowest BCUT2D eigenvalue weighted by molar-refractivity contribution is -0.136. The average molecular weight is 447 g/mol. The number of imidazole rings is 1. The molecule has 2 aromatic heterocycles. The first-order chi connectivity index (χ1) is 16.0. The topological polar surface area (TPSA) is 97.9 Å².